The van der Waals surface area contributed by atoms with E-state index in [0.29, 0.717) is 5.56 Å². The van der Waals surface area contributed by atoms with Crippen molar-refractivity contribution in [3.05, 3.63) is 18.0 Å². The van der Waals surface area contributed by atoms with Gasteiger partial charge < -0.3 is 14.9 Å². The number of amides is 1. The Hall–Kier alpha value is -1.36. The zero-order valence-corrected chi connectivity index (χ0v) is 6.93. The summed E-state index contributed by atoms with van der Waals surface area (Å²) in [5.74, 6) is -0.245. The molecule has 0 spiro atoms. The molecule has 0 radical (unpaired) electrons. The highest BCUT2D eigenvalue weighted by Gasteiger charge is 2.30. The molecule has 2 N–H and O–H groups in total. The molecular formula is C8H10N2O3. The predicted molar refractivity (Wildman–Crippen MR) is 43.0 cm³/mol. The Morgan fingerprint density at radius 2 is 2.54 bits per heavy atom. The van der Waals surface area contributed by atoms with E-state index in [4.69, 9.17) is 0 Å². The number of rotatable bonds is 2. The van der Waals surface area contributed by atoms with Crippen LogP contribution < -0.4 is 5.32 Å². The van der Waals surface area contributed by atoms with Gasteiger partial charge in [0.2, 0.25) is 0 Å². The first kappa shape index (κ1) is 8.25. The molecule has 1 amide bonds. The van der Waals surface area contributed by atoms with Gasteiger partial charge in [-0.25, -0.2) is 0 Å². The van der Waals surface area contributed by atoms with Crippen molar-refractivity contribution in [2.75, 3.05) is 0 Å². The van der Waals surface area contributed by atoms with E-state index in [9.17, 15) is 9.90 Å². The second kappa shape index (κ2) is 3.18. The van der Waals surface area contributed by atoms with Crippen molar-refractivity contribution >= 4 is 5.91 Å². The molecule has 1 aromatic heterocycles. The third kappa shape index (κ3) is 1.55. The molecule has 1 aliphatic carbocycles. The summed E-state index contributed by atoms with van der Waals surface area (Å²) in [5.41, 5.74) is 0.388. The Morgan fingerprint density at radius 3 is 3.00 bits per heavy atom. The summed E-state index contributed by atoms with van der Waals surface area (Å²) >= 11 is 0. The number of aliphatic hydroxyl groups is 1. The van der Waals surface area contributed by atoms with E-state index in [2.05, 4.69) is 15.0 Å². The van der Waals surface area contributed by atoms with E-state index in [0.717, 1.165) is 12.8 Å². The van der Waals surface area contributed by atoms with E-state index in [1.54, 1.807) is 0 Å². The molecule has 1 saturated carbocycles. The van der Waals surface area contributed by atoms with E-state index in [1.807, 2.05) is 0 Å². The Balaban J connectivity index is 1.92. The summed E-state index contributed by atoms with van der Waals surface area (Å²) in [5, 5.41) is 15.3. The van der Waals surface area contributed by atoms with Gasteiger partial charge in [-0.1, -0.05) is 5.16 Å². The molecule has 13 heavy (non-hydrogen) atoms. The van der Waals surface area contributed by atoms with Crippen LogP contribution in [0.15, 0.2) is 17.0 Å². The van der Waals surface area contributed by atoms with Crippen LogP contribution in [0.1, 0.15) is 23.2 Å². The van der Waals surface area contributed by atoms with Crippen LogP contribution in [-0.4, -0.2) is 28.3 Å². The molecule has 0 aromatic carbocycles. The van der Waals surface area contributed by atoms with Crippen molar-refractivity contribution in [2.45, 2.75) is 25.0 Å². The van der Waals surface area contributed by atoms with Gasteiger partial charge in [-0.3, -0.25) is 4.79 Å². The minimum atomic E-state index is -0.399. The normalized spacial score (nSPS) is 26.5. The molecule has 5 heteroatoms. The number of aliphatic hydroxyl groups excluding tert-OH is 1. The molecule has 0 unspecified atom stereocenters. The summed E-state index contributed by atoms with van der Waals surface area (Å²) in [4.78, 5) is 11.3. The largest absolute Gasteiger partial charge is 0.391 e. The van der Waals surface area contributed by atoms with Gasteiger partial charge in [0.1, 0.15) is 6.26 Å². The summed E-state index contributed by atoms with van der Waals surface area (Å²) in [7, 11) is 0. The van der Waals surface area contributed by atoms with Crippen LogP contribution in [0.5, 0.6) is 0 Å². The van der Waals surface area contributed by atoms with Crippen molar-refractivity contribution in [3.8, 4) is 0 Å². The van der Waals surface area contributed by atoms with Gasteiger partial charge in [0.15, 0.2) is 0 Å². The molecular weight excluding hydrogens is 172 g/mol. The third-order valence-electron chi connectivity index (χ3n) is 2.25. The first-order chi connectivity index (χ1) is 6.27. The summed E-state index contributed by atoms with van der Waals surface area (Å²) in [6, 6.07) is -0.109. The average molecular weight is 182 g/mol. The smallest absolute Gasteiger partial charge is 0.256 e. The minimum Gasteiger partial charge on any atom is -0.391 e. The number of aromatic nitrogens is 1. The SMILES string of the molecule is O=C(N[C@@H]1CC[C@H]1O)c1cnoc1. The molecule has 0 saturated heterocycles. The monoisotopic (exact) mass is 182 g/mol. The zero-order chi connectivity index (χ0) is 9.26. The van der Waals surface area contributed by atoms with Crippen LogP contribution >= 0.6 is 0 Å². The van der Waals surface area contributed by atoms with Crippen LogP contribution in [0, 0.1) is 0 Å². The second-order valence-electron chi connectivity index (χ2n) is 3.14. The Morgan fingerprint density at radius 1 is 1.69 bits per heavy atom. The fraction of sp³-hybridized carbons (Fsp3) is 0.500. The lowest BCUT2D eigenvalue weighted by Gasteiger charge is -2.32. The van der Waals surface area contributed by atoms with Gasteiger partial charge in [0.05, 0.1) is 23.9 Å². The zero-order valence-electron chi connectivity index (χ0n) is 6.93. The minimum absolute atomic E-state index is 0.109. The molecule has 0 aliphatic heterocycles. The van der Waals surface area contributed by atoms with Crippen molar-refractivity contribution in [3.63, 3.8) is 0 Å². The average Bonchev–Trinajstić information content (AvgIpc) is 2.64. The molecule has 1 aromatic rings. The molecule has 0 bridgehead atoms. The Kier molecular flexibility index (Phi) is 2.02. The van der Waals surface area contributed by atoms with Crippen molar-refractivity contribution in [1.82, 2.24) is 10.5 Å². The lowest BCUT2D eigenvalue weighted by molar-refractivity contribution is 0.0447. The van der Waals surface area contributed by atoms with E-state index in [1.165, 1.54) is 12.5 Å². The fourth-order valence-corrected chi connectivity index (χ4v) is 1.22. The number of nitrogens with one attached hydrogen (secondary N) is 1. The first-order valence-electron chi connectivity index (χ1n) is 4.15. The van der Waals surface area contributed by atoms with Gasteiger partial charge in [-0.2, -0.15) is 0 Å². The van der Waals surface area contributed by atoms with Gasteiger partial charge >= 0.3 is 0 Å². The summed E-state index contributed by atoms with van der Waals surface area (Å²) < 4.78 is 4.52. The maximum absolute atomic E-state index is 11.3. The lowest BCUT2D eigenvalue weighted by atomic mass is 9.89. The summed E-state index contributed by atoms with van der Waals surface area (Å²) in [6.45, 7) is 0. The van der Waals surface area contributed by atoms with Gasteiger partial charge in [0, 0.05) is 0 Å². The van der Waals surface area contributed by atoms with Crippen LogP contribution in [0.25, 0.3) is 0 Å². The van der Waals surface area contributed by atoms with Gasteiger partial charge in [-0.05, 0) is 12.8 Å². The highest BCUT2D eigenvalue weighted by molar-refractivity contribution is 5.93. The van der Waals surface area contributed by atoms with Crippen LogP contribution in [-0.2, 0) is 0 Å². The molecule has 2 rings (SSSR count). The molecule has 70 valence electrons. The van der Waals surface area contributed by atoms with Crippen LogP contribution in [0.2, 0.25) is 0 Å². The maximum atomic E-state index is 11.3. The first-order valence-corrected chi connectivity index (χ1v) is 4.15. The quantitative estimate of drug-likeness (QED) is 0.671. The number of hydrogen-bond donors (Lipinski definition) is 2. The molecule has 2 atom stereocenters. The van der Waals surface area contributed by atoms with Crippen molar-refractivity contribution in [2.24, 2.45) is 0 Å². The lowest BCUT2D eigenvalue weighted by Crippen LogP contribution is -2.50. The molecule has 1 fully saturated rings. The number of carbonyl (C=O) groups is 1. The highest BCUT2D eigenvalue weighted by Crippen LogP contribution is 2.19. The number of hydrogen-bond acceptors (Lipinski definition) is 4. The summed E-state index contributed by atoms with van der Waals surface area (Å²) in [6.07, 6.45) is 3.82. The molecule has 5 nitrogen and oxygen atoms in total. The highest BCUT2D eigenvalue weighted by atomic mass is 16.5. The van der Waals surface area contributed by atoms with E-state index in [-0.39, 0.29) is 11.9 Å². The fourth-order valence-electron chi connectivity index (χ4n) is 1.22. The Bertz CT molecular complexity index is 296. The predicted octanol–water partition coefficient (Wildman–Crippen LogP) is -0.0723. The van der Waals surface area contributed by atoms with Crippen LogP contribution in [0.3, 0.4) is 0 Å². The second-order valence-corrected chi connectivity index (χ2v) is 3.14. The van der Waals surface area contributed by atoms with E-state index >= 15 is 0 Å². The maximum Gasteiger partial charge on any atom is 0.256 e. The molecule has 1 aliphatic rings. The molecule has 1 heterocycles. The Labute approximate surface area is 74.7 Å². The number of carbonyl (C=O) groups excluding carboxylic acids is 1. The topological polar surface area (TPSA) is 75.4 Å². The van der Waals surface area contributed by atoms with Crippen molar-refractivity contribution in [1.29, 1.82) is 0 Å². The third-order valence-corrected chi connectivity index (χ3v) is 2.25. The van der Waals surface area contributed by atoms with E-state index < -0.39 is 6.10 Å². The number of nitrogens with zero attached hydrogens (tertiary/aromatic N) is 1. The van der Waals surface area contributed by atoms with Gasteiger partial charge in [0.25, 0.3) is 5.91 Å². The van der Waals surface area contributed by atoms with Crippen LogP contribution in [0.4, 0.5) is 0 Å². The van der Waals surface area contributed by atoms with Crippen molar-refractivity contribution < 1.29 is 14.4 Å². The van der Waals surface area contributed by atoms with Gasteiger partial charge in [-0.15, -0.1) is 0 Å². The standard InChI is InChI=1S/C8H10N2O3/c11-7-2-1-6(7)10-8(12)5-3-9-13-4-5/h3-4,6-7,11H,1-2H2,(H,10,12)/t6-,7-/m1/s1.